The van der Waals surface area contributed by atoms with Gasteiger partial charge in [-0.25, -0.2) is 4.57 Å². The van der Waals surface area contributed by atoms with Crippen LogP contribution in [0, 0.1) is 0 Å². The van der Waals surface area contributed by atoms with Crippen LogP contribution in [0.5, 0.6) is 0 Å². The van der Waals surface area contributed by atoms with Gasteiger partial charge in [0.15, 0.2) is 0 Å². The molecule has 8 nitrogen and oxygen atoms in total. The lowest BCUT2D eigenvalue weighted by atomic mass is 10.0. The quantitative estimate of drug-likeness (QED) is 0.0243. The number of nitrogens with zero attached hydrogens (tertiary/aromatic N) is 1. The fourth-order valence-corrected chi connectivity index (χ4v) is 7.50. The van der Waals surface area contributed by atoms with Crippen molar-refractivity contribution in [3.8, 4) is 0 Å². The lowest BCUT2D eigenvalue weighted by Gasteiger charge is -2.25. The number of nitrogens with one attached hydrogen (secondary N) is 1. The van der Waals surface area contributed by atoms with Crippen molar-refractivity contribution in [1.29, 1.82) is 0 Å². The molecule has 0 heterocycles. The average Bonchev–Trinajstić information content (AvgIpc) is 3.25. The van der Waals surface area contributed by atoms with Crippen LogP contribution in [-0.2, 0) is 18.4 Å². The zero-order valence-electron chi connectivity index (χ0n) is 41.7. The number of carbonyl (C=O) groups is 1. The van der Waals surface area contributed by atoms with Crippen molar-refractivity contribution < 1.29 is 32.9 Å². The van der Waals surface area contributed by atoms with Crippen LogP contribution >= 0.6 is 7.82 Å². The molecule has 9 heteroatoms. The maximum absolute atomic E-state index is 12.9. The molecule has 368 valence electrons. The molecule has 3 N–H and O–H groups in total. The van der Waals surface area contributed by atoms with Gasteiger partial charge in [0.25, 0.3) is 0 Å². The van der Waals surface area contributed by atoms with Crippen molar-refractivity contribution in [1.82, 2.24) is 5.32 Å². The summed E-state index contributed by atoms with van der Waals surface area (Å²) in [6, 6.07) is -0.871. The Hall–Kier alpha value is -2.58. The van der Waals surface area contributed by atoms with Crippen LogP contribution in [0.15, 0.2) is 97.2 Å². The van der Waals surface area contributed by atoms with Crippen LogP contribution in [0.4, 0.5) is 0 Å². The van der Waals surface area contributed by atoms with Gasteiger partial charge in [-0.3, -0.25) is 13.8 Å². The van der Waals surface area contributed by atoms with E-state index >= 15 is 0 Å². The minimum atomic E-state index is -4.35. The number of rotatable bonds is 45. The Balaban J connectivity index is 4.25. The molecule has 3 atom stereocenters. The van der Waals surface area contributed by atoms with Crippen LogP contribution < -0.4 is 5.32 Å². The maximum Gasteiger partial charge on any atom is 0.472 e. The van der Waals surface area contributed by atoms with Gasteiger partial charge in [0.2, 0.25) is 5.91 Å². The predicted octanol–water partition coefficient (Wildman–Crippen LogP) is 15.1. The molecule has 1 amide bonds. The van der Waals surface area contributed by atoms with Gasteiger partial charge >= 0.3 is 7.82 Å². The predicted molar refractivity (Wildman–Crippen MR) is 276 cm³/mol. The number of likely N-dealkylation sites (N-methyl/N-ethyl adjacent to an activating group) is 1. The first-order valence-corrected chi connectivity index (χ1v) is 27.1. The van der Waals surface area contributed by atoms with E-state index in [1.165, 1.54) is 89.9 Å². The van der Waals surface area contributed by atoms with Crippen molar-refractivity contribution >= 4 is 13.7 Å². The van der Waals surface area contributed by atoms with Crippen molar-refractivity contribution in [3.05, 3.63) is 97.2 Å². The van der Waals surface area contributed by atoms with Gasteiger partial charge in [0, 0.05) is 6.42 Å². The van der Waals surface area contributed by atoms with E-state index in [-0.39, 0.29) is 19.1 Å². The topological polar surface area (TPSA) is 105 Å². The molecular formula is C55H98N2O6P+. The lowest BCUT2D eigenvalue weighted by molar-refractivity contribution is -0.870. The number of hydrogen-bond donors (Lipinski definition) is 3. The lowest BCUT2D eigenvalue weighted by Crippen LogP contribution is -2.45. The maximum atomic E-state index is 12.9. The van der Waals surface area contributed by atoms with Crippen molar-refractivity contribution in [2.24, 2.45) is 0 Å². The summed E-state index contributed by atoms with van der Waals surface area (Å²) < 4.78 is 23.6. The van der Waals surface area contributed by atoms with E-state index in [4.69, 9.17) is 9.05 Å². The van der Waals surface area contributed by atoms with Crippen LogP contribution in [0.25, 0.3) is 0 Å². The Morgan fingerprint density at radius 1 is 0.547 bits per heavy atom. The number of quaternary nitrogens is 1. The normalized spacial score (nSPS) is 14.9. The molecule has 64 heavy (non-hydrogen) atoms. The van der Waals surface area contributed by atoms with E-state index in [2.05, 4.69) is 104 Å². The highest BCUT2D eigenvalue weighted by molar-refractivity contribution is 7.47. The molecule has 0 radical (unpaired) electrons. The molecule has 0 aromatic rings. The molecule has 0 aromatic heterocycles. The molecule has 0 saturated heterocycles. The molecule has 0 aliphatic carbocycles. The minimum absolute atomic E-state index is 0.0506. The summed E-state index contributed by atoms with van der Waals surface area (Å²) in [4.78, 5) is 23.2. The second-order valence-electron chi connectivity index (χ2n) is 18.2. The van der Waals surface area contributed by atoms with Gasteiger partial charge in [-0.1, -0.05) is 201 Å². The second-order valence-corrected chi connectivity index (χ2v) is 19.6. The van der Waals surface area contributed by atoms with Gasteiger partial charge in [-0.15, -0.1) is 0 Å². The monoisotopic (exact) mass is 914 g/mol. The van der Waals surface area contributed by atoms with Gasteiger partial charge in [0.1, 0.15) is 13.2 Å². The third-order valence-corrected chi connectivity index (χ3v) is 11.8. The number of aliphatic hydroxyl groups is 1. The molecule has 0 aliphatic heterocycles. The summed E-state index contributed by atoms with van der Waals surface area (Å²) >= 11 is 0. The zero-order chi connectivity index (χ0) is 47.1. The highest BCUT2D eigenvalue weighted by Gasteiger charge is 2.27. The van der Waals surface area contributed by atoms with Gasteiger partial charge < -0.3 is 19.8 Å². The number of allylic oxidation sites excluding steroid dienone is 15. The van der Waals surface area contributed by atoms with Crippen LogP contribution in [0.3, 0.4) is 0 Å². The molecule has 0 saturated carbocycles. The van der Waals surface area contributed by atoms with E-state index in [1.807, 2.05) is 27.2 Å². The number of unbranched alkanes of at least 4 members (excludes halogenated alkanes) is 18. The largest absolute Gasteiger partial charge is 0.472 e. The fourth-order valence-electron chi connectivity index (χ4n) is 6.77. The van der Waals surface area contributed by atoms with Crippen molar-refractivity contribution in [2.75, 3.05) is 40.9 Å². The molecule has 0 spiro atoms. The summed E-state index contributed by atoms with van der Waals surface area (Å²) in [5.41, 5.74) is 0. The minimum Gasteiger partial charge on any atom is -0.387 e. The first-order chi connectivity index (χ1) is 31.0. The van der Waals surface area contributed by atoms with Gasteiger partial charge in [0.05, 0.1) is 39.9 Å². The third-order valence-electron chi connectivity index (χ3n) is 10.8. The Labute approximate surface area is 394 Å². The molecule has 0 aromatic carbocycles. The van der Waals surface area contributed by atoms with E-state index in [1.54, 1.807) is 6.08 Å². The molecule has 3 unspecified atom stereocenters. The second kappa shape index (κ2) is 45.6. The molecule has 0 rings (SSSR count). The van der Waals surface area contributed by atoms with Crippen LogP contribution in [0.2, 0.25) is 0 Å². The standard InChI is InChI=1S/C55H97N2O6P/c1-6-8-10-12-14-16-18-20-21-22-23-24-25-26-27-28-29-30-31-32-33-34-35-37-39-41-43-45-47-49-55(59)56-53(52-63-64(60,61)62-51-50-57(3,4)5)54(58)48-46-44-42-40-38-36-19-17-15-13-11-9-7-2/h8,10,14,16,20-21,23-24,26-27,29-30,38,40,46,48,53-54,58H,6-7,9,11-13,15,17-19,22,25,28,31-37,39,41-45,47,49-52H2,1-5H3,(H-,56,59,60,61)/p+1/b10-8-,16-14-,21-20-,24-23-,27-26-,30-29-,40-38+,48-46+. The van der Waals surface area contributed by atoms with Gasteiger partial charge in [-0.05, 0) is 83.5 Å². The summed E-state index contributed by atoms with van der Waals surface area (Å²) in [6.45, 7) is 4.65. The van der Waals surface area contributed by atoms with E-state index in [0.717, 1.165) is 83.5 Å². The molecular weight excluding hydrogens is 816 g/mol. The van der Waals surface area contributed by atoms with E-state index in [0.29, 0.717) is 17.4 Å². The highest BCUT2D eigenvalue weighted by Crippen LogP contribution is 2.43. The van der Waals surface area contributed by atoms with E-state index in [9.17, 15) is 19.4 Å². The summed E-state index contributed by atoms with van der Waals surface area (Å²) in [7, 11) is 1.54. The van der Waals surface area contributed by atoms with E-state index < -0.39 is 20.0 Å². The molecule has 0 bridgehead atoms. The number of hydrogen-bond acceptors (Lipinski definition) is 5. The Morgan fingerprint density at radius 3 is 1.44 bits per heavy atom. The number of phosphoric ester groups is 1. The highest BCUT2D eigenvalue weighted by atomic mass is 31.2. The summed E-state index contributed by atoms with van der Waals surface area (Å²) in [5.74, 6) is -0.197. The summed E-state index contributed by atoms with van der Waals surface area (Å²) in [6.07, 6.45) is 64.9. The first-order valence-electron chi connectivity index (χ1n) is 25.6. The average molecular weight is 914 g/mol. The van der Waals surface area contributed by atoms with Crippen molar-refractivity contribution in [2.45, 2.75) is 206 Å². The number of phosphoric acid groups is 1. The SMILES string of the molecule is CC/C=C\C/C=C\C/C=C\C/C=C\C/C=C\C/C=C\CCCCCCCCCCCCC(=O)NC(COP(=O)(O)OCC[N+](C)(C)C)C(O)/C=C/CC/C=C/CCCCCCCCC. The van der Waals surface area contributed by atoms with Gasteiger partial charge in [-0.2, -0.15) is 0 Å². The Morgan fingerprint density at radius 2 is 0.953 bits per heavy atom. The van der Waals surface area contributed by atoms with Crippen LogP contribution in [0.1, 0.15) is 194 Å². The molecule has 0 fully saturated rings. The van der Waals surface area contributed by atoms with Crippen molar-refractivity contribution in [3.63, 3.8) is 0 Å². The number of aliphatic hydroxyl groups excluding tert-OH is 1. The fraction of sp³-hybridized carbons (Fsp3) is 0.691. The third kappa shape index (κ3) is 47.4. The summed E-state index contributed by atoms with van der Waals surface area (Å²) in [5, 5.41) is 13.8. The molecule has 0 aliphatic rings. The zero-order valence-corrected chi connectivity index (χ0v) is 42.6. The number of carbonyl (C=O) groups excluding carboxylic acids is 1. The Kier molecular flexibility index (Phi) is 43.7. The van der Waals surface area contributed by atoms with Crippen LogP contribution in [-0.4, -0.2) is 73.4 Å². The Bertz CT molecular complexity index is 1360. The number of amides is 1. The smallest absolute Gasteiger partial charge is 0.387 e. The first kappa shape index (κ1) is 61.4.